The third-order valence-electron chi connectivity index (χ3n) is 2.36. The second-order valence-electron chi connectivity index (χ2n) is 3.86. The number of aryl methyl sites for hydroxylation is 1. The highest BCUT2D eigenvalue weighted by atomic mass is 35.5. The Morgan fingerprint density at radius 1 is 1.54 bits per heavy atom. The predicted molar refractivity (Wildman–Crippen MR) is 53.0 cm³/mol. The molecule has 1 N–H and O–H groups in total. The van der Waals surface area contributed by atoms with Crippen LogP contribution in [0.3, 0.4) is 0 Å². The molecule has 0 unspecified atom stereocenters. The van der Waals surface area contributed by atoms with E-state index in [1.165, 1.54) is 12.8 Å². The Hall–Kier alpha value is -0.830. The van der Waals surface area contributed by atoms with Crippen LogP contribution in [-0.4, -0.2) is 15.5 Å². The van der Waals surface area contributed by atoms with E-state index in [0.717, 1.165) is 11.4 Å². The molecular weight excluding hydrogens is 186 g/mol. The molecule has 1 aliphatic carbocycles. The summed E-state index contributed by atoms with van der Waals surface area (Å²) in [6, 6.07) is 0. The smallest absolute Gasteiger partial charge is 0.224 e. The summed E-state index contributed by atoms with van der Waals surface area (Å²) < 4.78 is 0. The molecule has 0 atom stereocenters. The van der Waals surface area contributed by atoms with Gasteiger partial charge in [-0.25, -0.2) is 9.97 Å². The normalized spacial score (nSPS) is 18.4. The quantitative estimate of drug-likeness (QED) is 0.740. The highest BCUT2D eigenvalue weighted by Crippen LogP contribution is 2.38. The number of aromatic nitrogens is 2. The van der Waals surface area contributed by atoms with Gasteiger partial charge in [0.25, 0.3) is 0 Å². The van der Waals surface area contributed by atoms with Gasteiger partial charge in [0.15, 0.2) is 0 Å². The Morgan fingerprint density at radius 2 is 2.23 bits per heavy atom. The number of hydrogen-bond donors (Lipinski definition) is 1. The van der Waals surface area contributed by atoms with Crippen LogP contribution in [0.15, 0.2) is 6.20 Å². The van der Waals surface area contributed by atoms with Gasteiger partial charge in [0.1, 0.15) is 5.82 Å². The first-order valence-electron chi connectivity index (χ1n) is 4.36. The fourth-order valence-electron chi connectivity index (χ4n) is 1.15. The predicted octanol–water partition coefficient (Wildman–Crippen LogP) is 2.40. The van der Waals surface area contributed by atoms with E-state index in [0.29, 0.717) is 5.28 Å². The molecule has 0 radical (unpaired) electrons. The van der Waals surface area contributed by atoms with Crippen LogP contribution in [0.25, 0.3) is 0 Å². The number of rotatable bonds is 2. The first-order chi connectivity index (χ1) is 6.09. The van der Waals surface area contributed by atoms with Crippen molar-refractivity contribution in [2.75, 3.05) is 5.32 Å². The van der Waals surface area contributed by atoms with Crippen molar-refractivity contribution in [3.8, 4) is 0 Å². The lowest BCUT2D eigenvalue weighted by atomic mass is 10.3. The molecule has 1 aromatic rings. The molecule has 1 fully saturated rings. The lowest BCUT2D eigenvalue weighted by molar-refractivity contribution is 0.816. The van der Waals surface area contributed by atoms with Crippen molar-refractivity contribution < 1.29 is 0 Å². The number of nitrogens with zero attached hydrogens (tertiary/aromatic N) is 2. The average molecular weight is 198 g/mol. The molecule has 1 aliphatic rings. The van der Waals surface area contributed by atoms with E-state index in [9.17, 15) is 0 Å². The van der Waals surface area contributed by atoms with Crippen LogP contribution in [0.2, 0.25) is 5.28 Å². The van der Waals surface area contributed by atoms with E-state index in [-0.39, 0.29) is 5.54 Å². The van der Waals surface area contributed by atoms with Gasteiger partial charge in [-0.2, -0.15) is 0 Å². The Balaban J connectivity index is 2.23. The maximum atomic E-state index is 5.70. The zero-order valence-corrected chi connectivity index (χ0v) is 8.52. The molecule has 13 heavy (non-hydrogen) atoms. The number of anilines is 1. The van der Waals surface area contributed by atoms with Crippen molar-refractivity contribution in [1.29, 1.82) is 0 Å². The van der Waals surface area contributed by atoms with Crippen LogP contribution < -0.4 is 5.32 Å². The molecule has 0 aromatic carbocycles. The van der Waals surface area contributed by atoms with E-state index >= 15 is 0 Å². The van der Waals surface area contributed by atoms with E-state index in [2.05, 4.69) is 22.2 Å². The maximum absolute atomic E-state index is 5.70. The van der Waals surface area contributed by atoms with Gasteiger partial charge in [-0.15, -0.1) is 0 Å². The van der Waals surface area contributed by atoms with Gasteiger partial charge < -0.3 is 5.32 Å². The molecule has 2 rings (SSSR count). The Bertz CT molecular complexity index is 334. The highest BCUT2D eigenvalue weighted by Gasteiger charge is 2.37. The van der Waals surface area contributed by atoms with Crippen molar-refractivity contribution >= 4 is 17.4 Å². The standard InChI is InChI=1S/C9H12ClN3/c1-6-5-11-8(10)12-7(6)13-9(2)3-4-9/h5H,3-4H2,1-2H3,(H,11,12,13). The Labute approximate surface area is 82.5 Å². The van der Waals surface area contributed by atoms with E-state index in [4.69, 9.17) is 11.6 Å². The number of halogens is 1. The minimum absolute atomic E-state index is 0.239. The third-order valence-corrected chi connectivity index (χ3v) is 2.54. The van der Waals surface area contributed by atoms with Crippen molar-refractivity contribution in [1.82, 2.24) is 9.97 Å². The van der Waals surface area contributed by atoms with Crippen molar-refractivity contribution in [3.05, 3.63) is 17.0 Å². The second kappa shape index (κ2) is 2.84. The van der Waals surface area contributed by atoms with Crippen LogP contribution in [-0.2, 0) is 0 Å². The average Bonchev–Trinajstić information content (AvgIpc) is 2.76. The topological polar surface area (TPSA) is 37.8 Å². The molecule has 1 saturated carbocycles. The summed E-state index contributed by atoms with van der Waals surface area (Å²) in [5, 5.41) is 3.67. The molecule has 0 aliphatic heterocycles. The lowest BCUT2D eigenvalue weighted by Gasteiger charge is -2.13. The van der Waals surface area contributed by atoms with Crippen molar-refractivity contribution in [2.45, 2.75) is 32.2 Å². The molecule has 70 valence electrons. The van der Waals surface area contributed by atoms with Gasteiger partial charge >= 0.3 is 0 Å². The molecule has 1 aromatic heterocycles. The van der Waals surface area contributed by atoms with Crippen LogP contribution in [0, 0.1) is 6.92 Å². The Kier molecular flexibility index (Phi) is 1.91. The zero-order valence-electron chi connectivity index (χ0n) is 7.76. The summed E-state index contributed by atoms with van der Waals surface area (Å²) in [7, 11) is 0. The van der Waals surface area contributed by atoms with Gasteiger partial charge in [-0.05, 0) is 38.3 Å². The molecular formula is C9H12ClN3. The first-order valence-corrected chi connectivity index (χ1v) is 4.74. The van der Waals surface area contributed by atoms with Gasteiger partial charge in [-0.1, -0.05) is 0 Å². The molecule has 4 heteroatoms. The highest BCUT2D eigenvalue weighted by molar-refractivity contribution is 6.28. The van der Waals surface area contributed by atoms with E-state index in [1.807, 2.05) is 6.92 Å². The fraction of sp³-hybridized carbons (Fsp3) is 0.556. The van der Waals surface area contributed by atoms with E-state index in [1.54, 1.807) is 6.20 Å². The largest absolute Gasteiger partial charge is 0.365 e. The monoisotopic (exact) mass is 197 g/mol. The summed E-state index contributed by atoms with van der Waals surface area (Å²) >= 11 is 5.70. The lowest BCUT2D eigenvalue weighted by Crippen LogP contribution is -2.17. The summed E-state index contributed by atoms with van der Waals surface area (Å²) in [6.45, 7) is 4.16. The van der Waals surface area contributed by atoms with E-state index < -0.39 is 0 Å². The minimum atomic E-state index is 0.239. The number of nitrogens with one attached hydrogen (secondary N) is 1. The fourth-order valence-corrected chi connectivity index (χ4v) is 1.28. The molecule has 0 bridgehead atoms. The maximum Gasteiger partial charge on any atom is 0.224 e. The van der Waals surface area contributed by atoms with Gasteiger partial charge in [-0.3, -0.25) is 0 Å². The minimum Gasteiger partial charge on any atom is -0.365 e. The Morgan fingerprint density at radius 3 is 2.85 bits per heavy atom. The summed E-state index contributed by atoms with van der Waals surface area (Å²) in [6.07, 6.45) is 4.14. The molecule has 3 nitrogen and oxygen atoms in total. The third kappa shape index (κ3) is 1.91. The molecule has 1 heterocycles. The van der Waals surface area contributed by atoms with Crippen molar-refractivity contribution in [2.24, 2.45) is 0 Å². The second-order valence-corrected chi connectivity index (χ2v) is 4.19. The van der Waals surface area contributed by atoms with Gasteiger partial charge in [0.05, 0.1) is 0 Å². The summed E-state index contributed by atoms with van der Waals surface area (Å²) in [5.74, 6) is 0.861. The summed E-state index contributed by atoms with van der Waals surface area (Å²) in [5.41, 5.74) is 1.28. The van der Waals surface area contributed by atoms with Crippen LogP contribution >= 0.6 is 11.6 Å². The molecule has 0 spiro atoms. The first kappa shape index (κ1) is 8.75. The molecule has 0 saturated heterocycles. The van der Waals surface area contributed by atoms with Crippen LogP contribution in [0.5, 0.6) is 0 Å². The van der Waals surface area contributed by atoms with Crippen molar-refractivity contribution in [3.63, 3.8) is 0 Å². The number of hydrogen-bond acceptors (Lipinski definition) is 3. The van der Waals surface area contributed by atoms with Crippen LogP contribution in [0.1, 0.15) is 25.3 Å². The van der Waals surface area contributed by atoms with Gasteiger partial charge in [0.2, 0.25) is 5.28 Å². The van der Waals surface area contributed by atoms with Gasteiger partial charge in [0, 0.05) is 17.3 Å². The molecule has 0 amide bonds. The SMILES string of the molecule is Cc1cnc(Cl)nc1NC1(C)CC1. The summed E-state index contributed by atoms with van der Waals surface area (Å²) in [4.78, 5) is 8.05. The zero-order chi connectivity index (χ0) is 9.47. The van der Waals surface area contributed by atoms with Crippen LogP contribution in [0.4, 0.5) is 5.82 Å².